The number of aryl methyl sites for hydroxylation is 1. The predicted molar refractivity (Wildman–Crippen MR) is 144 cm³/mol. The Kier molecular flexibility index (Phi) is 6.89. The number of fused-ring (bicyclic) bond motifs is 2. The molecule has 0 aliphatic carbocycles. The molecule has 0 bridgehead atoms. The van der Waals surface area contributed by atoms with Crippen LogP contribution in [0.1, 0.15) is 66.3 Å². The maximum Gasteiger partial charge on any atom is 0.255 e. The molecule has 1 aromatic heterocycles. The Labute approximate surface area is 214 Å². The number of para-hydroxylation sites is 1. The van der Waals surface area contributed by atoms with Gasteiger partial charge in [-0.3, -0.25) is 9.59 Å². The molecule has 0 saturated carbocycles. The molecule has 0 spiro atoms. The number of benzene rings is 2. The first-order chi connectivity index (χ1) is 17.4. The molecule has 3 heterocycles. The van der Waals surface area contributed by atoms with Crippen molar-refractivity contribution in [3.05, 3.63) is 70.9 Å². The van der Waals surface area contributed by atoms with E-state index in [0.29, 0.717) is 18.5 Å². The van der Waals surface area contributed by atoms with Crippen molar-refractivity contribution in [1.29, 1.82) is 0 Å². The molecule has 36 heavy (non-hydrogen) atoms. The van der Waals surface area contributed by atoms with E-state index in [1.165, 1.54) is 12.8 Å². The van der Waals surface area contributed by atoms with Crippen LogP contribution in [0.4, 0.5) is 0 Å². The summed E-state index contributed by atoms with van der Waals surface area (Å²) in [6, 6.07) is 15.4. The number of hydrogen-bond donors (Lipinski definition) is 1. The lowest BCUT2D eigenvalue weighted by Crippen LogP contribution is -2.50. The molecule has 3 aromatic rings. The van der Waals surface area contributed by atoms with Gasteiger partial charge in [-0.1, -0.05) is 50.2 Å². The van der Waals surface area contributed by atoms with E-state index < -0.39 is 6.04 Å². The monoisotopic (exact) mass is 486 g/mol. The fourth-order valence-corrected chi connectivity index (χ4v) is 6.10. The van der Waals surface area contributed by atoms with Gasteiger partial charge in [0.2, 0.25) is 5.91 Å². The number of aromatic nitrogens is 1. The van der Waals surface area contributed by atoms with Crippen molar-refractivity contribution < 1.29 is 9.59 Å². The standard InChI is InChI=1S/C30H38N4O2/c1-20(2)19-26(29(35)31-15-18-33-16-9-10-17-33)34-28(22-11-5-6-12-23(22)30(34)36)27-21(3)32(4)25-14-8-7-13-24(25)27/h5-8,11-14,20,26,28H,9-10,15-19H2,1-4H3,(H,31,35). The van der Waals surface area contributed by atoms with Crippen LogP contribution in [-0.2, 0) is 11.8 Å². The lowest BCUT2D eigenvalue weighted by molar-refractivity contribution is -0.126. The molecule has 2 aromatic carbocycles. The van der Waals surface area contributed by atoms with Crippen molar-refractivity contribution in [3.8, 4) is 0 Å². The van der Waals surface area contributed by atoms with E-state index in [4.69, 9.17) is 0 Å². The summed E-state index contributed by atoms with van der Waals surface area (Å²) in [5.74, 6) is 0.167. The molecule has 1 fully saturated rings. The highest BCUT2D eigenvalue weighted by Gasteiger charge is 2.45. The Morgan fingerprint density at radius 1 is 1.06 bits per heavy atom. The molecular formula is C30H38N4O2. The summed E-state index contributed by atoms with van der Waals surface area (Å²) >= 11 is 0. The predicted octanol–water partition coefficient (Wildman–Crippen LogP) is 4.66. The largest absolute Gasteiger partial charge is 0.353 e. The Bertz CT molecular complexity index is 1270. The number of nitrogens with one attached hydrogen (secondary N) is 1. The van der Waals surface area contributed by atoms with Gasteiger partial charge >= 0.3 is 0 Å². The number of hydrogen-bond acceptors (Lipinski definition) is 3. The highest BCUT2D eigenvalue weighted by Crippen LogP contribution is 2.45. The van der Waals surface area contributed by atoms with E-state index in [2.05, 4.69) is 66.9 Å². The molecular weight excluding hydrogens is 448 g/mol. The molecule has 190 valence electrons. The van der Waals surface area contributed by atoms with Crippen LogP contribution in [0.5, 0.6) is 0 Å². The lowest BCUT2D eigenvalue weighted by Gasteiger charge is -2.34. The summed E-state index contributed by atoms with van der Waals surface area (Å²) in [5, 5.41) is 4.32. The Morgan fingerprint density at radius 2 is 1.75 bits per heavy atom. The highest BCUT2D eigenvalue weighted by atomic mass is 16.2. The topological polar surface area (TPSA) is 57.6 Å². The average Bonchev–Trinajstić information content (AvgIpc) is 3.55. The number of likely N-dealkylation sites (tertiary alicyclic amines) is 1. The van der Waals surface area contributed by atoms with Crippen LogP contribution in [0, 0.1) is 12.8 Å². The number of carbonyl (C=O) groups is 2. The molecule has 2 aliphatic rings. The molecule has 1 N–H and O–H groups in total. The molecule has 6 heteroatoms. The summed E-state index contributed by atoms with van der Waals surface area (Å²) in [4.78, 5) is 32.0. The van der Waals surface area contributed by atoms with E-state index in [9.17, 15) is 9.59 Å². The minimum absolute atomic E-state index is 0.0491. The molecule has 1 saturated heterocycles. The van der Waals surface area contributed by atoms with Crippen LogP contribution in [0.3, 0.4) is 0 Å². The van der Waals surface area contributed by atoms with Crippen molar-refractivity contribution >= 4 is 22.7 Å². The van der Waals surface area contributed by atoms with Crippen LogP contribution >= 0.6 is 0 Å². The maximum atomic E-state index is 14.0. The summed E-state index contributed by atoms with van der Waals surface area (Å²) in [5.41, 5.74) is 5.06. The van der Waals surface area contributed by atoms with Crippen molar-refractivity contribution in [1.82, 2.24) is 19.7 Å². The fourth-order valence-electron chi connectivity index (χ4n) is 6.10. The first-order valence-corrected chi connectivity index (χ1v) is 13.3. The second-order valence-corrected chi connectivity index (χ2v) is 10.8. The highest BCUT2D eigenvalue weighted by molar-refractivity contribution is 6.03. The molecule has 0 radical (unpaired) electrons. The first kappa shape index (κ1) is 24.6. The van der Waals surface area contributed by atoms with E-state index in [-0.39, 0.29) is 23.8 Å². The number of rotatable bonds is 8. The lowest BCUT2D eigenvalue weighted by atomic mass is 9.93. The molecule has 6 nitrogen and oxygen atoms in total. The van der Waals surface area contributed by atoms with Crippen molar-refractivity contribution in [2.24, 2.45) is 13.0 Å². The summed E-state index contributed by atoms with van der Waals surface area (Å²) in [7, 11) is 2.07. The van der Waals surface area contributed by atoms with E-state index in [1.807, 2.05) is 29.2 Å². The Morgan fingerprint density at radius 3 is 2.50 bits per heavy atom. The number of carbonyl (C=O) groups excluding carboxylic acids is 2. The van der Waals surface area contributed by atoms with Crippen LogP contribution in [0.15, 0.2) is 48.5 Å². The van der Waals surface area contributed by atoms with Gasteiger partial charge in [0, 0.05) is 47.9 Å². The van der Waals surface area contributed by atoms with Gasteiger partial charge in [0.15, 0.2) is 0 Å². The maximum absolute atomic E-state index is 14.0. The zero-order valence-corrected chi connectivity index (χ0v) is 22.0. The van der Waals surface area contributed by atoms with Gasteiger partial charge in [-0.2, -0.15) is 0 Å². The van der Waals surface area contributed by atoms with Gasteiger partial charge in [0.05, 0.1) is 6.04 Å². The molecule has 2 atom stereocenters. The molecule has 2 aliphatic heterocycles. The van der Waals surface area contributed by atoms with E-state index >= 15 is 0 Å². The van der Waals surface area contributed by atoms with Gasteiger partial charge in [-0.15, -0.1) is 0 Å². The zero-order chi connectivity index (χ0) is 25.4. The summed E-state index contributed by atoms with van der Waals surface area (Å²) in [6.07, 6.45) is 3.09. The van der Waals surface area contributed by atoms with E-state index in [0.717, 1.165) is 47.4 Å². The Hall–Kier alpha value is -3.12. The average molecular weight is 487 g/mol. The van der Waals surface area contributed by atoms with Crippen molar-refractivity contribution in [3.63, 3.8) is 0 Å². The van der Waals surface area contributed by atoms with E-state index in [1.54, 1.807) is 0 Å². The SMILES string of the molecule is Cc1c(C2c3ccccc3C(=O)N2C(CC(C)C)C(=O)NCCN2CCCC2)c2ccccc2n1C. The van der Waals surface area contributed by atoms with Crippen LogP contribution < -0.4 is 5.32 Å². The smallest absolute Gasteiger partial charge is 0.255 e. The molecule has 2 amide bonds. The molecule has 5 rings (SSSR count). The van der Waals surface area contributed by atoms with Crippen molar-refractivity contribution in [2.75, 3.05) is 26.2 Å². The normalized spacial score (nSPS) is 18.9. The molecule has 2 unspecified atom stereocenters. The zero-order valence-electron chi connectivity index (χ0n) is 22.0. The van der Waals surface area contributed by atoms with Gasteiger partial charge in [-0.05, 0) is 62.9 Å². The van der Waals surface area contributed by atoms with Crippen LogP contribution in [-0.4, -0.2) is 58.4 Å². The van der Waals surface area contributed by atoms with Crippen molar-refractivity contribution in [2.45, 2.75) is 52.1 Å². The third kappa shape index (κ3) is 4.32. The number of nitrogens with zero attached hydrogens (tertiary/aromatic N) is 3. The third-order valence-corrected chi connectivity index (χ3v) is 7.98. The minimum atomic E-state index is -0.535. The van der Waals surface area contributed by atoms with Gasteiger partial charge < -0.3 is 19.7 Å². The Balaban J connectivity index is 1.55. The quantitative estimate of drug-likeness (QED) is 0.504. The second-order valence-electron chi connectivity index (χ2n) is 10.8. The van der Waals surface area contributed by atoms with Crippen LogP contribution in [0.2, 0.25) is 0 Å². The second kappa shape index (κ2) is 10.1. The minimum Gasteiger partial charge on any atom is -0.353 e. The summed E-state index contributed by atoms with van der Waals surface area (Å²) in [6.45, 7) is 10.0. The van der Waals surface area contributed by atoms with Crippen LogP contribution in [0.25, 0.3) is 10.9 Å². The van der Waals surface area contributed by atoms with Gasteiger partial charge in [0.25, 0.3) is 5.91 Å². The first-order valence-electron chi connectivity index (χ1n) is 13.3. The third-order valence-electron chi connectivity index (χ3n) is 7.98. The number of amides is 2. The van der Waals surface area contributed by atoms with Gasteiger partial charge in [-0.25, -0.2) is 0 Å². The fraction of sp³-hybridized carbons (Fsp3) is 0.467. The summed E-state index contributed by atoms with van der Waals surface area (Å²) < 4.78 is 2.20. The van der Waals surface area contributed by atoms with Gasteiger partial charge in [0.1, 0.15) is 6.04 Å².